The number of carbonyl (C=O) groups excluding carboxylic acids is 1. The molecule has 1 fully saturated rings. The summed E-state index contributed by atoms with van der Waals surface area (Å²) in [6.07, 6.45) is -2.63. The molecule has 4 aromatic rings. The zero-order chi connectivity index (χ0) is 24.8. The molecule has 0 unspecified atom stereocenters. The van der Waals surface area contributed by atoms with E-state index in [4.69, 9.17) is 11.6 Å². The number of tetrazole rings is 1. The van der Waals surface area contributed by atoms with E-state index >= 15 is 0 Å². The van der Waals surface area contributed by atoms with E-state index < -0.39 is 29.0 Å². The average Bonchev–Trinajstić information content (AvgIpc) is 3.43. The summed E-state index contributed by atoms with van der Waals surface area (Å²) in [7, 11) is 0. The maximum atomic E-state index is 14.5. The van der Waals surface area contributed by atoms with Crippen LogP contribution in [0.3, 0.4) is 0 Å². The molecule has 7 nitrogen and oxygen atoms in total. The topological polar surface area (TPSA) is 96.5 Å². The van der Waals surface area contributed by atoms with Crippen LogP contribution in [0.25, 0.3) is 22.5 Å². The number of hydrogen-bond acceptors (Lipinski definition) is 5. The number of benzene rings is 2. The van der Waals surface area contributed by atoms with Gasteiger partial charge in [0.15, 0.2) is 0 Å². The van der Waals surface area contributed by atoms with Crippen molar-refractivity contribution >= 4 is 23.2 Å². The van der Waals surface area contributed by atoms with Crippen LogP contribution in [0.4, 0.5) is 23.2 Å². The molecule has 2 aromatic carbocycles. The van der Waals surface area contributed by atoms with Gasteiger partial charge in [0.05, 0.1) is 5.41 Å². The minimum absolute atomic E-state index is 0.117. The number of anilines is 1. The molecule has 2 heterocycles. The van der Waals surface area contributed by atoms with Gasteiger partial charge in [-0.25, -0.2) is 4.39 Å². The Labute approximate surface area is 200 Å². The van der Waals surface area contributed by atoms with Gasteiger partial charge in [-0.2, -0.15) is 18.4 Å². The molecule has 0 bridgehead atoms. The lowest BCUT2D eigenvalue weighted by Crippen LogP contribution is -2.28. The Bertz CT molecular complexity index is 1420. The summed E-state index contributed by atoms with van der Waals surface area (Å²) in [6.45, 7) is 0. The van der Waals surface area contributed by atoms with Gasteiger partial charge in [-0.1, -0.05) is 23.7 Å². The van der Waals surface area contributed by atoms with Crippen LogP contribution in [0.1, 0.15) is 24.1 Å². The zero-order valence-electron chi connectivity index (χ0n) is 17.7. The number of amides is 1. The maximum Gasteiger partial charge on any atom is 0.433 e. The molecule has 178 valence electrons. The van der Waals surface area contributed by atoms with Crippen LogP contribution in [-0.4, -0.2) is 31.5 Å². The van der Waals surface area contributed by atoms with Crippen molar-refractivity contribution < 1.29 is 22.4 Å². The lowest BCUT2D eigenvalue weighted by Gasteiger charge is -2.18. The number of alkyl halides is 3. The second-order valence-electron chi connectivity index (χ2n) is 8.08. The molecule has 1 aliphatic carbocycles. The molecular formula is C23H15ClF4N6O. The lowest BCUT2D eigenvalue weighted by molar-refractivity contribution is -0.141. The van der Waals surface area contributed by atoms with E-state index in [0.29, 0.717) is 29.7 Å². The number of nitrogens with zero attached hydrogens (tertiary/aromatic N) is 4. The van der Waals surface area contributed by atoms with Gasteiger partial charge in [0, 0.05) is 28.0 Å². The fourth-order valence-electron chi connectivity index (χ4n) is 3.96. The first-order chi connectivity index (χ1) is 16.7. The van der Waals surface area contributed by atoms with E-state index in [-0.39, 0.29) is 22.0 Å². The molecule has 12 heteroatoms. The Kier molecular flexibility index (Phi) is 5.51. The molecule has 1 amide bonds. The highest BCUT2D eigenvalue weighted by Crippen LogP contribution is 2.50. The van der Waals surface area contributed by atoms with E-state index in [1.54, 1.807) is 12.1 Å². The summed E-state index contributed by atoms with van der Waals surface area (Å²) in [5, 5.41) is 16.7. The van der Waals surface area contributed by atoms with Crippen molar-refractivity contribution in [2.45, 2.75) is 24.4 Å². The van der Waals surface area contributed by atoms with Gasteiger partial charge >= 0.3 is 6.18 Å². The SMILES string of the molecule is O=C(Nc1ccc(-c2ccnc(C(F)(F)F)c2)c(-c2nn[nH]n2)c1)C1(c2ccc(Cl)cc2F)CC1. The van der Waals surface area contributed by atoms with Crippen molar-refractivity contribution in [1.82, 2.24) is 25.6 Å². The van der Waals surface area contributed by atoms with Crippen molar-refractivity contribution in [3.63, 3.8) is 0 Å². The molecule has 1 aliphatic rings. The number of aromatic nitrogens is 5. The van der Waals surface area contributed by atoms with Gasteiger partial charge in [0.1, 0.15) is 11.5 Å². The van der Waals surface area contributed by atoms with Gasteiger partial charge in [-0.15, -0.1) is 10.2 Å². The molecular weight excluding hydrogens is 488 g/mol. The average molecular weight is 503 g/mol. The van der Waals surface area contributed by atoms with Crippen molar-refractivity contribution in [1.29, 1.82) is 0 Å². The van der Waals surface area contributed by atoms with Gasteiger partial charge in [-0.3, -0.25) is 9.78 Å². The highest BCUT2D eigenvalue weighted by Gasteiger charge is 2.52. The molecule has 0 atom stereocenters. The standard InChI is InChI=1S/C23H15ClF4N6O/c24-13-1-4-17(18(25)10-13)22(6-7-22)21(35)30-14-2-3-15(16(11-14)20-31-33-34-32-20)12-5-8-29-19(9-12)23(26,27)28/h1-5,8-11H,6-7H2,(H,30,35)(H,31,32,33,34). The molecule has 0 aliphatic heterocycles. The monoisotopic (exact) mass is 502 g/mol. The molecule has 1 saturated carbocycles. The number of nitrogens with one attached hydrogen (secondary N) is 2. The quantitative estimate of drug-likeness (QED) is 0.356. The Balaban J connectivity index is 1.50. The minimum Gasteiger partial charge on any atom is -0.325 e. The zero-order valence-corrected chi connectivity index (χ0v) is 18.5. The summed E-state index contributed by atoms with van der Waals surface area (Å²) in [5.41, 5.74) is -0.540. The van der Waals surface area contributed by atoms with Crippen molar-refractivity contribution in [3.8, 4) is 22.5 Å². The lowest BCUT2D eigenvalue weighted by atomic mass is 9.94. The molecule has 5 rings (SSSR count). The van der Waals surface area contributed by atoms with Gasteiger partial charge < -0.3 is 5.32 Å². The third-order valence-electron chi connectivity index (χ3n) is 5.86. The van der Waals surface area contributed by atoms with E-state index in [1.807, 2.05) is 0 Å². The third-order valence-corrected chi connectivity index (χ3v) is 6.09. The van der Waals surface area contributed by atoms with Gasteiger partial charge in [0.25, 0.3) is 0 Å². The van der Waals surface area contributed by atoms with Crippen molar-refractivity contribution in [2.75, 3.05) is 5.32 Å². The Morgan fingerprint density at radius 2 is 1.86 bits per heavy atom. The number of hydrogen-bond donors (Lipinski definition) is 2. The number of rotatable bonds is 5. The fourth-order valence-corrected chi connectivity index (χ4v) is 4.12. The summed E-state index contributed by atoms with van der Waals surface area (Å²) in [6, 6.07) is 11.1. The van der Waals surface area contributed by atoms with Crippen LogP contribution in [0.5, 0.6) is 0 Å². The first-order valence-electron chi connectivity index (χ1n) is 10.4. The smallest absolute Gasteiger partial charge is 0.325 e. The van der Waals surface area contributed by atoms with Crippen molar-refractivity contribution in [2.24, 2.45) is 0 Å². The highest BCUT2D eigenvalue weighted by atomic mass is 35.5. The number of aromatic amines is 1. The first-order valence-corrected chi connectivity index (χ1v) is 10.7. The van der Waals surface area contributed by atoms with Gasteiger partial charge in [0.2, 0.25) is 11.7 Å². The van der Waals surface area contributed by atoms with Crippen LogP contribution in [0, 0.1) is 5.82 Å². The second kappa shape index (κ2) is 8.42. The second-order valence-corrected chi connectivity index (χ2v) is 8.52. The normalized spacial score (nSPS) is 14.5. The predicted octanol–water partition coefficient (Wildman–Crippen LogP) is 5.41. The number of pyridine rings is 1. The third kappa shape index (κ3) is 4.34. The van der Waals surface area contributed by atoms with Crippen LogP contribution in [-0.2, 0) is 16.4 Å². The van der Waals surface area contributed by atoms with Crippen molar-refractivity contribution in [3.05, 3.63) is 76.8 Å². The Morgan fingerprint density at radius 3 is 2.51 bits per heavy atom. The number of halogens is 5. The maximum absolute atomic E-state index is 14.5. The fraction of sp³-hybridized carbons (Fsp3) is 0.174. The van der Waals surface area contributed by atoms with Gasteiger partial charge in [-0.05, 0) is 65.6 Å². The molecule has 0 spiro atoms. The largest absolute Gasteiger partial charge is 0.433 e. The summed E-state index contributed by atoms with van der Waals surface area (Å²) >= 11 is 5.84. The van der Waals surface area contributed by atoms with Crippen LogP contribution >= 0.6 is 11.6 Å². The minimum atomic E-state index is -4.62. The van der Waals surface area contributed by atoms with E-state index in [2.05, 4.69) is 30.9 Å². The Hall–Kier alpha value is -3.86. The first kappa shape index (κ1) is 22.9. The van der Waals surface area contributed by atoms with Crippen LogP contribution < -0.4 is 5.32 Å². The summed E-state index contributed by atoms with van der Waals surface area (Å²) in [4.78, 5) is 16.5. The number of carbonyl (C=O) groups is 1. The molecule has 0 saturated heterocycles. The molecule has 35 heavy (non-hydrogen) atoms. The van der Waals surface area contributed by atoms with Crippen LogP contribution in [0.2, 0.25) is 5.02 Å². The van der Waals surface area contributed by atoms with E-state index in [1.165, 1.54) is 24.3 Å². The summed E-state index contributed by atoms with van der Waals surface area (Å²) in [5.74, 6) is -0.855. The van der Waals surface area contributed by atoms with Crippen LogP contribution in [0.15, 0.2) is 54.7 Å². The molecule has 2 N–H and O–H groups in total. The summed E-state index contributed by atoms with van der Waals surface area (Å²) < 4.78 is 54.1. The number of H-pyrrole nitrogens is 1. The predicted molar refractivity (Wildman–Crippen MR) is 119 cm³/mol. The molecule has 2 aromatic heterocycles. The molecule has 0 radical (unpaired) electrons. The highest BCUT2D eigenvalue weighted by molar-refractivity contribution is 6.30. The Morgan fingerprint density at radius 1 is 1.06 bits per heavy atom. The van der Waals surface area contributed by atoms with E-state index in [9.17, 15) is 22.4 Å². The van der Waals surface area contributed by atoms with E-state index in [0.717, 1.165) is 18.3 Å².